The second-order valence-corrected chi connectivity index (χ2v) is 7.61. The molecule has 3 rings (SSSR count). The van der Waals surface area contributed by atoms with Gasteiger partial charge in [0, 0.05) is 31.0 Å². The zero-order valence-corrected chi connectivity index (χ0v) is 15.4. The molecule has 2 nitrogen and oxygen atoms in total. The van der Waals surface area contributed by atoms with Crippen LogP contribution in [0.2, 0.25) is 0 Å². The van der Waals surface area contributed by atoms with E-state index in [1.807, 2.05) is 6.92 Å². The Balaban J connectivity index is 1.78. The van der Waals surface area contributed by atoms with Crippen LogP contribution in [0.5, 0.6) is 0 Å². The highest BCUT2D eigenvalue weighted by Crippen LogP contribution is 2.42. The SMILES string of the molecule is CCC(=O)C1(C)CCC(N(Cc2ccccc2)Cc2ccccc2)C1. The van der Waals surface area contributed by atoms with E-state index in [2.05, 4.69) is 72.5 Å². The van der Waals surface area contributed by atoms with Crippen LogP contribution in [0.4, 0.5) is 0 Å². The average molecular weight is 335 g/mol. The Kier molecular flexibility index (Phi) is 5.70. The molecule has 0 N–H and O–H groups in total. The van der Waals surface area contributed by atoms with E-state index < -0.39 is 0 Å². The molecule has 2 heteroatoms. The molecule has 25 heavy (non-hydrogen) atoms. The van der Waals surface area contributed by atoms with E-state index in [1.165, 1.54) is 11.1 Å². The molecule has 0 saturated heterocycles. The van der Waals surface area contributed by atoms with Gasteiger partial charge in [-0.25, -0.2) is 0 Å². The van der Waals surface area contributed by atoms with Crippen molar-refractivity contribution in [3.63, 3.8) is 0 Å². The number of benzene rings is 2. The van der Waals surface area contributed by atoms with Crippen molar-refractivity contribution in [1.29, 1.82) is 0 Å². The highest BCUT2D eigenvalue weighted by molar-refractivity contribution is 5.84. The summed E-state index contributed by atoms with van der Waals surface area (Å²) < 4.78 is 0. The fraction of sp³-hybridized carbons (Fsp3) is 0.435. The largest absolute Gasteiger partial charge is 0.299 e. The molecule has 2 unspecified atom stereocenters. The normalized spacial score (nSPS) is 23.1. The van der Waals surface area contributed by atoms with E-state index in [9.17, 15) is 4.79 Å². The molecule has 1 aliphatic rings. The Bertz CT molecular complexity index is 640. The van der Waals surface area contributed by atoms with Crippen LogP contribution in [-0.2, 0) is 17.9 Å². The Morgan fingerprint density at radius 2 is 1.52 bits per heavy atom. The van der Waals surface area contributed by atoms with Gasteiger partial charge in [0.25, 0.3) is 0 Å². The Morgan fingerprint density at radius 3 is 2.00 bits per heavy atom. The van der Waals surface area contributed by atoms with Gasteiger partial charge in [0.05, 0.1) is 0 Å². The van der Waals surface area contributed by atoms with E-state index in [0.717, 1.165) is 32.4 Å². The molecule has 0 aliphatic heterocycles. The molecule has 1 saturated carbocycles. The maximum Gasteiger partial charge on any atom is 0.138 e. The lowest BCUT2D eigenvalue weighted by molar-refractivity contribution is -0.127. The van der Waals surface area contributed by atoms with Crippen molar-refractivity contribution >= 4 is 5.78 Å². The van der Waals surface area contributed by atoms with Gasteiger partial charge in [0.15, 0.2) is 0 Å². The standard InChI is InChI=1S/C23H29NO/c1-3-22(25)23(2)15-14-21(16-23)24(17-19-10-6-4-7-11-19)18-20-12-8-5-9-13-20/h4-13,21H,3,14-18H2,1-2H3. The summed E-state index contributed by atoms with van der Waals surface area (Å²) in [7, 11) is 0. The summed E-state index contributed by atoms with van der Waals surface area (Å²) in [6, 6.07) is 21.8. The monoisotopic (exact) mass is 335 g/mol. The highest BCUT2D eigenvalue weighted by atomic mass is 16.1. The van der Waals surface area contributed by atoms with Crippen LogP contribution in [0.3, 0.4) is 0 Å². The van der Waals surface area contributed by atoms with Crippen LogP contribution in [0, 0.1) is 5.41 Å². The summed E-state index contributed by atoms with van der Waals surface area (Å²) in [6.45, 7) is 6.04. The fourth-order valence-corrected chi connectivity index (χ4v) is 4.15. The first kappa shape index (κ1) is 17.9. The molecule has 0 radical (unpaired) electrons. The van der Waals surface area contributed by atoms with Crippen molar-refractivity contribution in [2.24, 2.45) is 5.41 Å². The van der Waals surface area contributed by atoms with Crippen LogP contribution in [-0.4, -0.2) is 16.7 Å². The Labute approximate surface area is 151 Å². The second kappa shape index (κ2) is 7.97. The van der Waals surface area contributed by atoms with Crippen LogP contribution in [0.1, 0.15) is 50.7 Å². The molecule has 2 aromatic carbocycles. The smallest absolute Gasteiger partial charge is 0.138 e. The van der Waals surface area contributed by atoms with Gasteiger partial charge < -0.3 is 0 Å². The molecular weight excluding hydrogens is 306 g/mol. The van der Waals surface area contributed by atoms with Gasteiger partial charge in [-0.3, -0.25) is 9.69 Å². The van der Waals surface area contributed by atoms with Crippen LogP contribution < -0.4 is 0 Å². The molecule has 0 spiro atoms. The Morgan fingerprint density at radius 1 is 1.00 bits per heavy atom. The summed E-state index contributed by atoms with van der Waals surface area (Å²) >= 11 is 0. The Hall–Kier alpha value is -1.93. The van der Waals surface area contributed by atoms with E-state index in [-0.39, 0.29) is 5.41 Å². The summed E-state index contributed by atoms with van der Waals surface area (Å²) in [6.07, 6.45) is 3.77. The third-order valence-corrected chi connectivity index (χ3v) is 5.68. The molecule has 0 heterocycles. The number of hydrogen-bond donors (Lipinski definition) is 0. The van der Waals surface area contributed by atoms with Crippen LogP contribution in [0.15, 0.2) is 60.7 Å². The van der Waals surface area contributed by atoms with Crippen molar-refractivity contribution in [2.45, 2.75) is 58.7 Å². The number of carbonyl (C=O) groups excluding carboxylic acids is 1. The predicted molar refractivity (Wildman–Crippen MR) is 103 cm³/mol. The quantitative estimate of drug-likeness (QED) is 0.691. The van der Waals surface area contributed by atoms with Crippen molar-refractivity contribution < 1.29 is 4.79 Å². The van der Waals surface area contributed by atoms with E-state index >= 15 is 0 Å². The van der Waals surface area contributed by atoms with Crippen molar-refractivity contribution in [3.05, 3.63) is 71.8 Å². The second-order valence-electron chi connectivity index (χ2n) is 7.61. The zero-order chi connectivity index (χ0) is 17.7. The van der Waals surface area contributed by atoms with Gasteiger partial charge in [-0.1, -0.05) is 74.5 Å². The first-order valence-corrected chi connectivity index (χ1v) is 9.46. The zero-order valence-electron chi connectivity index (χ0n) is 15.4. The number of rotatable bonds is 7. The molecule has 1 fully saturated rings. The molecule has 2 aromatic rings. The average Bonchev–Trinajstić information content (AvgIpc) is 3.06. The lowest BCUT2D eigenvalue weighted by Gasteiger charge is -2.31. The number of ketones is 1. The third kappa shape index (κ3) is 4.38. The van der Waals surface area contributed by atoms with Crippen molar-refractivity contribution in [3.8, 4) is 0 Å². The maximum atomic E-state index is 12.4. The number of nitrogens with zero attached hydrogens (tertiary/aromatic N) is 1. The maximum absolute atomic E-state index is 12.4. The predicted octanol–water partition coefficient (Wildman–Crippen LogP) is 5.23. The highest BCUT2D eigenvalue weighted by Gasteiger charge is 2.41. The lowest BCUT2D eigenvalue weighted by Crippen LogP contribution is -2.34. The fourth-order valence-electron chi connectivity index (χ4n) is 4.15. The molecular formula is C23H29NO. The van der Waals surface area contributed by atoms with Gasteiger partial charge in [-0.2, -0.15) is 0 Å². The van der Waals surface area contributed by atoms with Gasteiger partial charge in [0.2, 0.25) is 0 Å². The van der Waals surface area contributed by atoms with E-state index in [4.69, 9.17) is 0 Å². The number of carbonyl (C=O) groups is 1. The third-order valence-electron chi connectivity index (χ3n) is 5.68. The summed E-state index contributed by atoms with van der Waals surface area (Å²) in [5.74, 6) is 0.425. The first-order valence-electron chi connectivity index (χ1n) is 9.46. The molecule has 1 aliphatic carbocycles. The van der Waals surface area contributed by atoms with E-state index in [1.54, 1.807) is 0 Å². The molecule has 2 atom stereocenters. The lowest BCUT2D eigenvalue weighted by atomic mass is 9.82. The first-order chi connectivity index (χ1) is 12.1. The molecule has 0 amide bonds. The van der Waals surface area contributed by atoms with Gasteiger partial charge >= 0.3 is 0 Å². The topological polar surface area (TPSA) is 20.3 Å². The summed E-state index contributed by atoms with van der Waals surface area (Å²) in [4.78, 5) is 15.0. The van der Waals surface area contributed by atoms with Gasteiger partial charge in [0.1, 0.15) is 5.78 Å². The minimum Gasteiger partial charge on any atom is -0.299 e. The number of hydrogen-bond acceptors (Lipinski definition) is 2. The minimum atomic E-state index is -0.134. The van der Waals surface area contributed by atoms with Crippen molar-refractivity contribution in [2.75, 3.05) is 0 Å². The van der Waals surface area contributed by atoms with Crippen molar-refractivity contribution in [1.82, 2.24) is 4.90 Å². The van der Waals surface area contributed by atoms with Gasteiger partial charge in [-0.05, 0) is 30.4 Å². The number of Topliss-reactive ketones (excluding diaryl/α,β-unsaturated/α-hetero) is 1. The molecule has 0 aromatic heterocycles. The van der Waals surface area contributed by atoms with Gasteiger partial charge in [-0.15, -0.1) is 0 Å². The van der Waals surface area contributed by atoms with Crippen LogP contribution >= 0.6 is 0 Å². The van der Waals surface area contributed by atoms with E-state index in [0.29, 0.717) is 18.2 Å². The summed E-state index contributed by atoms with van der Waals surface area (Å²) in [5, 5.41) is 0. The molecule has 0 bridgehead atoms. The molecule has 132 valence electrons. The van der Waals surface area contributed by atoms with Crippen LogP contribution in [0.25, 0.3) is 0 Å². The summed E-state index contributed by atoms with van der Waals surface area (Å²) in [5.41, 5.74) is 2.55. The minimum absolute atomic E-state index is 0.134.